The molecule has 0 bridgehead atoms. The average Bonchev–Trinajstić information content (AvgIpc) is 3.14. The first-order chi connectivity index (χ1) is 14.1. The molecule has 0 aromatic heterocycles. The van der Waals surface area contributed by atoms with Crippen LogP contribution in [0.2, 0.25) is 0 Å². The molecule has 2 aliphatic rings. The van der Waals surface area contributed by atoms with Crippen molar-refractivity contribution in [1.29, 1.82) is 0 Å². The second-order valence-electron chi connectivity index (χ2n) is 8.15. The molecule has 1 atom stereocenters. The Bertz CT molecular complexity index is 859. The molecule has 2 saturated heterocycles. The van der Waals surface area contributed by atoms with Gasteiger partial charge in [-0.25, -0.2) is 0 Å². The summed E-state index contributed by atoms with van der Waals surface area (Å²) in [5.41, 5.74) is 2.95. The maximum absolute atomic E-state index is 12.2. The zero-order chi connectivity index (χ0) is 20.2. The second kappa shape index (κ2) is 8.78. The molecular formula is C24H28N2O3. The van der Waals surface area contributed by atoms with Gasteiger partial charge < -0.3 is 10.0 Å². The number of carboxylic acids is 1. The SMILES string of the molecule is O=C(O)C(c1cccc(-c2ccccc2)c1)N1CCC(CN2CCCC2=O)CC1. The van der Waals surface area contributed by atoms with Gasteiger partial charge in [0.1, 0.15) is 6.04 Å². The number of carboxylic acid groups (broad SMARTS) is 1. The molecule has 0 saturated carbocycles. The van der Waals surface area contributed by atoms with E-state index in [1.165, 1.54) is 0 Å². The number of hydrogen-bond acceptors (Lipinski definition) is 3. The normalized spacial score (nSPS) is 19.4. The van der Waals surface area contributed by atoms with Gasteiger partial charge in [-0.3, -0.25) is 14.5 Å². The van der Waals surface area contributed by atoms with E-state index in [-0.39, 0.29) is 5.91 Å². The molecule has 2 aromatic rings. The van der Waals surface area contributed by atoms with Crippen LogP contribution in [0.1, 0.15) is 37.3 Å². The average molecular weight is 392 g/mol. The Morgan fingerprint density at radius 1 is 1.00 bits per heavy atom. The lowest BCUT2D eigenvalue weighted by Gasteiger charge is -2.37. The minimum absolute atomic E-state index is 0.272. The van der Waals surface area contributed by atoms with Crippen LogP contribution in [0, 0.1) is 5.92 Å². The van der Waals surface area contributed by atoms with Gasteiger partial charge in [-0.1, -0.05) is 48.5 Å². The van der Waals surface area contributed by atoms with Gasteiger partial charge in [0.25, 0.3) is 0 Å². The molecule has 29 heavy (non-hydrogen) atoms. The van der Waals surface area contributed by atoms with E-state index >= 15 is 0 Å². The Kier molecular flexibility index (Phi) is 5.95. The van der Waals surface area contributed by atoms with Crippen LogP contribution >= 0.6 is 0 Å². The minimum atomic E-state index is -0.802. The van der Waals surface area contributed by atoms with Crippen LogP contribution in [0.25, 0.3) is 11.1 Å². The predicted octanol–water partition coefficient (Wildman–Crippen LogP) is 3.81. The van der Waals surface area contributed by atoms with E-state index in [4.69, 9.17) is 0 Å². The molecule has 1 N–H and O–H groups in total. The first kappa shape index (κ1) is 19.6. The number of likely N-dealkylation sites (tertiary alicyclic amines) is 2. The molecular weight excluding hydrogens is 364 g/mol. The van der Waals surface area contributed by atoms with E-state index in [1.807, 2.05) is 59.5 Å². The van der Waals surface area contributed by atoms with Gasteiger partial charge in [-0.15, -0.1) is 0 Å². The van der Waals surface area contributed by atoms with Crippen molar-refractivity contribution < 1.29 is 14.7 Å². The molecule has 5 heteroatoms. The van der Waals surface area contributed by atoms with E-state index in [0.29, 0.717) is 12.3 Å². The van der Waals surface area contributed by atoms with E-state index in [9.17, 15) is 14.7 Å². The summed E-state index contributed by atoms with van der Waals surface area (Å²) in [5.74, 6) is -0.0599. The first-order valence-electron chi connectivity index (χ1n) is 10.5. The van der Waals surface area contributed by atoms with Crippen molar-refractivity contribution in [3.8, 4) is 11.1 Å². The summed E-state index contributed by atoms with van der Waals surface area (Å²) < 4.78 is 0. The highest BCUT2D eigenvalue weighted by Gasteiger charge is 2.32. The number of benzene rings is 2. The number of aliphatic carboxylic acids is 1. The van der Waals surface area contributed by atoms with Crippen LogP contribution in [0.3, 0.4) is 0 Å². The standard InChI is InChI=1S/C24H28N2O3/c27-22-10-5-13-26(22)17-18-11-14-25(15-12-18)23(24(28)29)21-9-4-8-20(16-21)19-6-2-1-3-7-19/h1-4,6-9,16,18,23H,5,10-15,17H2,(H,28,29). The van der Waals surface area contributed by atoms with Gasteiger partial charge in [0.05, 0.1) is 0 Å². The smallest absolute Gasteiger partial charge is 0.325 e. The van der Waals surface area contributed by atoms with Gasteiger partial charge in [-0.2, -0.15) is 0 Å². The molecule has 5 nitrogen and oxygen atoms in total. The molecule has 2 fully saturated rings. The summed E-state index contributed by atoms with van der Waals surface area (Å²) in [6.07, 6.45) is 3.52. The monoisotopic (exact) mass is 392 g/mol. The lowest BCUT2D eigenvalue weighted by atomic mass is 9.92. The summed E-state index contributed by atoms with van der Waals surface area (Å²) in [4.78, 5) is 28.1. The van der Waals surface area contributed by atoms with E-state index in [0.717, 1.165) is 62.1 Å². The molecule has 2 aromatic carbocycles. The van der Waals surface area contributed by atoms with Crippen molar-refractivity contribution in [1.82, 2.24) is 9.80 Å². The lowest BCUT2D eigenvalue weighted by molar-refractivity contribution is -0.144. The van der Waals surface area contributed by atoms with Crippen LogP contribution in [0.15, 0.2) is 54.6 Å². The minimum Gasteiger partial charge on any atom is -0.480 e. The Morgan fingerprint density at radius 2 is 1.72 bits per heavy atom. The van der Waals surface area contributed by atoms with Crippen LogP contribution in [-0.2, 0) is 9.59 Å². The zero-order valence-electron chi connectivity index (χ0n) is 16.7. The molecule has 0 radical (unpaired) electrons. The summed E-state index contributed by atoms with van der Waals surface area (Å²) >= 11 is 0. The highest BCUT2D eigenvalue weighted by atomic mass is 16.4. The van der Waals surface area contributed by atoms with Crippen molar-refractivity contribution in [2.45, 2.75) is 31.7 Å². The van der Waals surface area contributed by atoms with Gasteiger partial charge in [0.2, 0.25) is 5.91 Å². The van der Waals surface area contributed by atoms with Crippen LogP contribution in [0.4, 0.5) is 0 Å². The largest absolute Gasteiger partial charge is 0.480 e. The van der Waals surface area contributed by atoms with E-state index < -0.39 is 12.0 Å². The highest BCUT2D eigenvalue weighted by Crippen LogP contribution is 2.30. The molecule has 0 aliphatic carbocycles. The van der Waals surface area contributed by atoms with Crippen molar-refractivity contribution in [2.24, 2.45) is 5.92 Å². The summed E-state index contributed by atoms with van der Waals surface area (Å²) in [5, 5.41) is 9.98. The number of carbonyl (C=O) groups is 2. The second-order valence-corrected chi connectivity index (χ2v) is 8.15. The molecule has 1 unspecified atom stereocenters. The van der Waals surface area contributed by atoms with Crippen molar-refractivity contribution >= 4 is 11.9 Å². The van der Waals surface area contributed by atoms with Crippen LogP contribution in [0.5, 0.6) is 0 Å². The Balaban J connectivity index is 1.45. The number of piperidine rings is 1. The molecule has 4 rings (SSSR count). The summed E-state index contributed by atoms with van der Waals surface area (Å²) in [6.45, 7) is 3.20. The third-order valence-electron chi connectivity index (χ3n) is 6.21. The highest BCUT2D eigenvalue weighted by molar-refractivity contribution is 5.78. The lowest BCUT2D eigenvalue weighted by Crippen LogP contribution is -2.42. The quantitative estimate of drug-likeness (QED) is 0.812. The number of hydrogen-bond donors (Lipinski definition) is 1. The third-order valence-corrected chi connectivity index (χ3v) is 6.21. The number of carbonyl (C=O) groups excluding carboxylic acids is 1. The summed E-state index contributed by atoms with van der Waals surface area (Å²) in [7, 11) is 0. The van der Waals surface area contributed by atoms with Gasteiger partial charge >= 0.3 is 5.97 Å². The Hall–Kier alpha value is -2.66. The van der Waals surface area contributed by atoms with E-state index in [2.05, 4.69) is 4.90 Å². The van der Waals surface area contributed by atoms with Crippen molar-refractivity contribution in [2.75, 3.05) is 26.2 Å². The Labute approximate surface area is 171 Å². The van der Waals surface area contributed by atoms with Crippen LogP contribution in [-0.4, -0.2) is 53.0 Å². The zero-order valence-corrected chi connectivity index (χ0v) is 16.7. The fourth-order valence-corrected chi connectivity index (χ4v) is 4.63. The number of nitrogens with zero attached hydrogens (tertiary/aromatic N) is 2. The molecule has 2 aliphatic heterocycles. The molecule has 2 heterocycles. The van der Waals surface area contributed by atoms with Crippen LogP contribution < -0.4 is 0 Å². The maximum Gasteiger partial charge on any atom is 0.325 e. The van der Waals surface area contributed by atoms with Gasteiger partial charge in [0, 0.05) is 19.5 Å². The van der Waals surface area contributed by atoms with Gasteiger partial charge in [-0.05, 0) is 61.0 Å². The first-order valence-corrected chi connectivity index (χ1v) is 10.5. The number of amides is 1. The summed E-state index contributed by atoms with van der Waals surface area (Å²) in [6, 6.07) is 17.3. The fourth-order valence-electron chi connectivity index (χ4n) is 4.63. The fraction of sp³-hybridized carbons (Fsp3) is 0.417. The van der Waals surface area contributed by atoms with E-state index in [1.54, 1.807) is 0 Å². The van der Waals surface area contributed by atoms with Crippen molar-refractivity contribution in [3.05, 3.63) is 60.2 Å². The molecule has 152 valence electrons. The third kappa shape index (κ3) is 4.51. The topological polar surface area (TPSA) is 60.9 Å². The van der Waals surface area contributed by atoms with Crippen molar-refractivity contribution in [3.63, 3.8) is 0 Å². The Morgan fingerprint density at radius 3 is 2.38 bits per heavy atom. The maximum atomic E-state index is 12.2. The molecule has 1 amide bonds. The predicted molar refractivity (Wildman–Crippen MR) is 112 cm³/mol. The van der Waals surface area contributed by atoms with Gasteiger partial charge in [0.15, 0.2) is 0 Å². The number of rotatable bonds is 6. The molecule has 0 spiro atoms.